The lowest BCUT2D eigenvalue weighted by atomic mass is 9.99. The minimum Gasteiger partial charge on any atom is -0.485 e. The van der Waals surface area contributed by atoms with Crippen molar-refractivity contribution >= 4 is 22.8 Å². The Balaban J connectivity index is 1.53. The summed E-state index contributed by atoms with van der Waals surface area (Å²) in [7, 11) is 0. The number of aromatic nitrogens is 2. The van der Waals surface area contributed by atoms with Crippen LogP contribution < -0.4 is 10.1 Å². The molecular weight excluding hydrogens is 474 g/mol. The lowest BCUT2D eigenvalue weighted by molar-refractivity contribution is 0.308. The molecule has 0 aliphatic rings. The van der Waals surface area contributed by atoms with E-state index in [-0.39, 0.29) is 5.54 Å². The molecule has 0 spiro atoms. The van der Waals surface area contributed by atoms with Gasteiger partial charge in [-0.1, -0.05) is 73.7 Å². The van der Waals surface area contributed by atoms with Gasteiger partial charge in [0.1, 0.15) is 18.1 Å². The number of thiophene rings is 1. The number of nitrogens with one attached hydrogen (secondary N) is 1. The maximum absolute atomic E-state index is 6.25. The van der Waals surface area contributed by atoms with Gasteiger partial charge in [0.25, 0.3) is 0 Å². The van der Waals surface area contributed by atoms with Gasteiger partial charge in [0.2, 0.25) is 0 Å². The Hall–Kier alpha value is -4.01. The molecule has 5 heteroatoms. The molecule has 2 aromatic carbocycles. The number of imidazole rings is 1. The van der Waals surface area contributed by atoms with Crippen molar-refractivity contribution in [1.82, 2.24) is 9.38 Å². The molecule has 186 valence electrons. The molecule has 0 radical (unpaired) electrons. The summed E-state index contributed by atoms with van der Waals surface area (Å²) >= 11 is 1.66. The zero-order valence-corrected chi connectivity index (χ0v) is 22.3. The molecule has 3 heterocycles. The Morgan fingerprint density at radius 2 is 1.68 bits per heavy atom. The number of rotatable bonds is 8. The van der Waals surface area contributed by atoms with Crippen molar-refractivity contribution in [3.05, 3.63) is 107 Å². The average Bonchev–Trinajstić information content (AvgIpc) is 3.52. The van der Waals surface area contributed by atoms with Crippen LogP contribution in [0, 0.1) is 11.8 Å². The molecule has 0 amide bonds. The van der Waals surface area contributed by atoms with Gasteiger partial charge in [-0.05, 0) is 56.2 Å². The summed E-state index contributed by atoms with van der Waals surface area (Å²) in [6, 6.07) is 26.4. The van der Waals surface area contributed by atoms with Crippen LogP contribution in [0.3, 0.4) is 0 Å². The lowest BCUT2D eigenvalue weighted by Gasteiger charge is -2.27. The number of ether oxygens (including phenoxy) is 1. The van der Waals surface area contributed by atoms with Gasteiger partial charge in [0.05, 0.1) is 4.88 Å². The minimum atomic E-state index is -0.0897. The van der Waals surface area contributed by atoms with Gasteiger partial charge in [-0.25, -0.2) is 4.98 Å². The van der Waals surface area contributed by atoms with E-state index in [1.54, 1.807) is 11.3 Å². The standard InChI is InChI=1S/C32H31N3OS/c1-4-19-32(2,3)34-31-29(28-21-26(23-37-28)18-17-24-12-7-5-8-13-24)33-30-27(16-11-20-35(30)31)36-22-25-14-9-6-10-15-25/h5-16,20-21,23,34H,4,19,22H2,1-3H3. The maximum atomic E-state index is 6.25. The van der Waals surface area contributed by atoms with Crippen LogP contribution in [0.2, 0.25) is 0 Å². The second-order valence-electron chi connectivity index (χ2n) is 9.72. The summed E-state index contributed by atoms with van der Waals surface area (Å²) in [4.78, 5) is 6.18. The van der Waals surface area contributed by atoms with E-state index in [1.165, 1.54) is 0 Å². The molecule has 0 unspecified atom stereocenters. The highest BCUT2D eigenvalue weighted by Gasteiger charge is 2.24. The van der Waals surface area contributed by atoms with E-state index < -0.39 is 0 Å². The number of anilines is 1. The van der Waals surface area contributed by atoms with E-state index >= 15 is 0 Å². The highest BCUT2D eigenvalue weighted by molar-refractivity contribution is 7.13. The van der Waals surface area contributed by atoms with Crippen molar-refractivity contribution in [2.75, 3.05) is 5.32 Å². The Labute approximate surface area is 223 Å². The van der Waals surface area contributed by atoms with E-state index in [0.717, 1.165) is 57.3 Å². The summed E-state index contributed by atoms with van der Waals surface area (Å²) in [6.07, 6.45) is 4.19. The van der Waals surface area contributed by atoms with E-state index in [4.69, 9.17) is 9.72 Å². The smallest absolute Gasteiger partial charge is 0.182 e. The van der Waals surface area contributed by atoms with Crippen LogP contribution in [0.25, 0.3) is 16.2 Å². The van der Waals surface area contributed by atoms with Crippen molar-refractivity contribution in [3.8, 4) is 28.2 Å². The maximum Gasteiger partial charge on any atom is 0.182 e. The Bertz CT molecular complexity index is 1540. The van der Waals surface area contributed by atoms with Gasteiger partial charge in [0.15, 0.2) is 11.4 Å². The fraction of sp³-hybridized carbons (Fsp3) is 0.219. The van der Waals surface area contributed by atoms with Crippen molar-refractivity contribution in [1.29, 1.82) is 0 Å². The van der Waals surface area contributed by atoms with Crippen LogP contribution in [0.4, 0.5) is 5.82 Å². The molecule has 37 heavy (non-hydrogen) atoms. The number of hydrogen-bond donors (Lipinski definition) is 1. The first-order valence-corrected chi connectivity index (χ1v) is 13.5. The zero-order chi connectivity index (χ0) is 25.7. The van der Waals surface area contributed by atoms with Crippen molar-refractivity contribution < 1.29 is 4.74 Å². The highest BCUT2D eigenvalue weighted by atomic mass is 32.1. The summed E-state index contributed by atoms with van der Waals surface area (Å²) in [5.74, 6) is 8.30. The van der Waals surface area contributed by atoms with Gasteiger partial charge < -0.3 is 10.1 Å². The summed E-state index contributed by atoms with van der Waals surface area (Å²) in [5, 5.41) is 5.89. The second kappa shape index (κ2) is 10.9. The summed E-state index contributed by atoms with van der Waals surface area (Å²) < 4.78 is 8.36. The molecular formula is C32H31N3OS. The fourth-order valence-corrected chi connectivity index (χ4v) is 5.21. The number of nitrogens with zero attached hydrogens (tertiary/aromatic N) is 2. The summed E-state index contributed by atoms with van der Waals surface area (Å²) in [5.41, 5.74) is 4.74. The number of pyridine rings is 1. The van der Waals surface area contributed by atoms with Gasteiger partial charge in [-0.3, -0.25) is 4.40 Å². The molecule has 5 aromatic rings. The Morgan fingerprint density at radius 1 is 0.946 bits per heavy atom. The van der Waals surface area contributed by atoms with Crippen molar-refractivity contribution in [3.63, 3.8) is 0 Å². The average molecular weight is 506 g/mol. The van der Waals surface area contributed by atoms with Crippen LogP contribution in [-0.2, 0) is 6.61 Å². The Morgan fingerprint density at radius 3 is 2.43 bits per heavy atom. The lowest BCUT2D eigenvalue weighted by Crippen LogP contribution is -2.31. The molecule has 0 atom stereocenters. The number of hydrogen-bond acceptors (Lipinski definition) is 4. The molecule has 0 aliphatic heterocycles. The Kier molecular flexibility index (Phi) is 7.30. The third kappa shape index (κ3) is 5.87. The quantitative estimate of drug-likeness (QED) is 0.217. The molecule has 0 aliphatic carbocycles. The van der Waals surface area contributed by atoms with Crippen LogP contribution in [0.15, 0.2) is 90.4 Å². The summed E-state index contributed by atoms with van der Waals surface area (Å²) in [6.45, 7) is 7.18. The number of benzene rings is 2. The zero-order valence-electron chi connectivity index (χ0n) is 21.5. The first kappa shape index (κ1) is 24.7. The molecule has 0 saturated carbocycles. The van der Waals surface area contributed by atoms with Crippen molar-refractivity contribution in [2.45, 2.75) is 45.8 Å². The fourth-order valence-electron chi connectivity index (χ4n) is 4.38. The van der Waals surface area contributed by atoms with Crippen LogP contribution >= 0.6 is 11.3 Å². The SMILES string of the molecule is CCCC(C)(C)Nc1c(-c2cc(C#Cc3ccccc3)cs2)nc2c(OCc3ccccc3)cccn12. The largest absolute Gasteiger partial charge is 0.485 e. The molecule has 0 fully saturated rings. The normalized spacial score (nSPS) is 11.2. The predicted molar refractivity (Wildman–Crippen MR) is 154 cm³/mol. The molecule has 5 rings (SSSR count). The van der Waals surface area contributed by atoms with Crippen LogP contribution in [0.1, 0.15) is 50.3 Å². The van der Waals surface area contributed by atoms with E-state index in [0.29, 0.717) is 6.61 Å². The van der Waals surface area contributed by atoms with E-state index in [1.807, 2.05) is 60.7 Å². The van der Waals surface area contributed by atoms with E-state index in [2.05, 4.69) is 72.1 Å². The van der Waals surface area contributed by atoms with Gasteiger partial charge in [0, 0.05) is 28.2 Å². The molecule has 4 nitrogen and oxygen atoms in total. The third-order valence-corrected chi connectivity index (χ3v) is 7.08. The third-order valence-electron chi connectivity index (χ3n) is 6.14. The first-order chi connectivity index (χ1) is 18.0. The highest BCUT2D eigenvalue weighted by Crippen LogP contribution is 2.37. The minimum absolute atomic E-state index is 0.0897. The first-order valence-electron chi connectivity index (χ1n) is 12.6. The van der Waals surface area contributed by atoms with Crippen molar-refractivity contribution in [2.24, 2.45) is 0 Å². The number of fused-ring (bicyclic) bond motifs is 1. The predicted octanol–water partition coefficient (Wildman–Crippen LogP) is 8.03. The molecule has 0 saturated heterocycles. The van der Waals surface area contributed by atoms with Crippen LogP contribution in [-0.4, -0.2) is 14.9 Å². The van der Waals surface area contributed by atoms with Gasteiger partial charge in [-0.15, -0.1) is 11.3 Å². The van der Waals surface area contributed by atoms with E-state index in [9.17, 15) is 0 Å². The molecule has 0 bridgehead atoms. The molecule has 3 aromatic heterocycles. The van der Waals surface area contributed by atoms with Crippen LogP contribution in [0.5, 0.6) is 5.75 Å². The molecule has 1 N–H and O–H groups in total. The van der Waals surface area contributed by atoms with Gasteiger partial charge in [-0.2, -0.15) is 0 Å². The topological polar surface area (TPSA) is 38.6 Å². The second-order valence-corrected chi connectivity index (χ2v) is 10.6. The monoisotopic (exact) mass is 505 g/mol. The van der Waals surface area contributed by atoms with Gasteiger partial charge >= 0.3 is 0 Å².